The maximum absolute atomic E-state index is 2.72. The summed E-state index contributed by atoms with van der Waals surface area (Å²) < 4.78 is 0. The van der Waals surface area contributed by atoms with Gasteiger partial charge in [-0.3, -0.25) is 0 Å². The Labute approximate surface area is 102 Å². The van der Waals surface area contributed by atoms with Crippen molar-refractivity contribution in [3.63, 3.8) is 0 Å². The fourth-order valence-electron chi connectivity index (χ4n) is 3.68. The quantitative estimate of drug-likeness (QED) is 0.677. The molecule has 0 N–H and O–H groups in total. The lowest BCUT2D eigenvalue weighted by molar-refractivity contribution is 0.0647. The minimum atomic E-state index is 0.764. The molecule has 1 unspecified atom stereocenters. The summed E-state index contributed by atoms with van der Waals surface area (Å²) in [6.45, 7) is 7.45. The first-order chi connectivity index (χ1) is 7.76. The van der Waals surface area contributed by atoms with E-state index < -0.39 is 0 Å². The van der Waals surface area contributed by atoms with Gasteiger partial charge in [-0.15, -0.1) is 0 Å². The van der Waals surface area contributed by atoms with Crippen molar-refractivity contribution in [3.05, 3.63) is 0 Å². The van der Waals surface area contributed by atoms with Crippen LogP contribution in [-0.2, 0) is 0 Å². The summed E-state index contributed by atoms with van der Waals surface area (Å²) in [6, 6.07) is 0.808. The molecule has 16 heavy (non-hydrogen) atoms. The van der Waals surface area contributed by atoms with E-state index in [9.17, 15) is 0 Å². The van der Waals surface area contributed by atoms with E-state index in [1.807, 2.05) is 0 Å². The van der Waals surface area contributed by atoms with Gasteiger partial charge in [0, 0.05) is 6.04 Å². The van der Waals surface area contributed by atoms with Gasteiger partial charge in [0.1, 0.15) is 0 Å². The number of rotatable bonds is 2. The van der Waals surface area contributed by atoms with E-state index in [2.05, 4.69) is 18.7 Å². The Kier molecular flexibility index (Phi) is 4.29. The van der Waals surface area contributed by atoms with Gasteiger partial charge in [-0.2, -0.15) is 0 Å². The zero-order chi connectivity index (χ0) is 11.4. The lowest BCUT2D eigenvalue weighted by atomic mass is 9.72. The summed E-state index contributed by atoms with van der Waals surface area (Å²) in [5.41, 5.74) is 0.764. The van der Waals surface area contributed by atoms with Crippen molar-refractivity contribution in [3.8, 4) is 0 Å². The van der Waals surface area contributed by atoms with Gasteiger partial charge in [-0.05, 0) is 57.5 Å². The molecule has 1 spiro atoms. The summed E-state index contributed by atoms with van der Waals surface area (Å²) in [4.78, 5) is 2.72. The molecule has 0 amide bonds. The van der Waals surface area contributed by atoms with E-state index in [-0.39, 0.29) is 0 Å². The van der Waals surface area contributed by atoms with Gasteiger partial charge in [-0.25, -0.2) is 0 Å². The van der Waals surface area contributed by atoms with Crippen molar-refractivity contribution >= 4 is 0 Å². The highest BCUT2D eigenvalue weighted by Crippen LogP contribution is 2.43. The van der Waals surface area contributed by atoms with Crippen molar-refractivity contribution in [2.75, 3.05) is 13.1 Å². The molecule has 94 valence electrons. The Bertz CT molecular complexity index is 193. The molecular formula is C15H29N. The smallest absolute Gasteiger partial charge is 0.00643 e. The third-order valence-electron chi connectivity index (χ3n) is 5.24. The van der Waals surface area contributed by atoms with Gasteiger partial charge in [-0.1, -0.05) is 32.6 Å². The molecule has 2 rings (SSSR count). The molecule has 1 aliphatic heterocycles. The Morgan fingerprint density at radius 3 is 2.00 bits per heavy atom. The van der Waals surface area contributed by atoms with Crippen LogP contribution in [0.2, 0.25) is 0 Å². The second-order valence-electron chi connectivity index (χ2n) is 6.21. The lowest BCUT2D eigenvalue weighted by Crippen LogP contribution is -2.43. The van der Waals surface area contributed by atoms with Crippen LogP contribution < -0.4 is 0 Å². The Hall–Kier alpha value is -0.0400. The minimum Gasteiger partial charge on any atom is -0.301 e. The summed E-state index contributed by atoms with van der Waals surface area (Å²) >= 11 is 0. The number of piperidine rings is 1. The molecule has 0 aromatic rings. The van der Waals surface area contributed by atoms with Crippen LogP contribution in [0.25, 0.3) is 0 Å². The van der Waals surface area contributed by atoms with E-state index >= 15 is 0 Å². The molecule has 2 aliphatic rings. The molecular weight excluding hydrogens is 194 g/mol. The van der Waals surface area contributed by atoms with Crippen LogP contribution in [0.15, 0.2) is 0 Å². The molecule has 1 saturated carbocycles. The average molecular weight is 223 g/mol. The molecule has 0 bridgehead atoms. The van der Waals surface area contributed by atoms with Gasteiger partial charge in [0.2, 0.25) is 0 Å². The number of hydrogen-bond acceptors (Lipinski definition) is 1. The van der Waals surface area contributed by atoms with Gasteiger partial charge in [0.15, 0.2) is 0 Å². The molecule has 1 aliphatic carbocycles. The molecule has 0 radical (unpaired) electrons. The summed E-state index contributed by atoms with van der Waals surface area (Å²) in [5, 5.41) is 0. The van der Waals surface area contributed by atoms with Gasteiger partial charge in [0.25, 0.3) is 0 Å². The van der Waals surface area contributed by atoms with Crippen LogP contribution in [0.3, 0.4) is 0 Å². The van der Waals surface area contributed by atoms with Crippen LogP contribution in [0, 0.1) is 5.41 Å². The van der Waals surface area contributed by atoms with E-state index in [1.165, 1.54) is 70.9 Å². The minimum absolute atomic E-state index is 0.764. The highest BCUT2D eigenvalue weighted by atomic mass is 15.2. The molecule has 1 heterocycles. The molecule has 1 nitrogen and oxygen atoms in total. The normalized spacial score (nSPS) is 28.9. The fourth-order valence-corrected chi connectivity index (χ4v) is 3.68. The molecule has 0 aromatic heterocycles. The summed E-state index contributed by atoms with van der Waals surface area (Å²) in [5.74, 6) is 0. The van der Waals surface area contributed by atoms with Crippen LogP contribution in [0.4, 0.5) is 0 Å². The van der Waals surface area contributed by atoms with E-state index in [4.69, 9.17) is 0 Å². The highest BCUT2D eigenvalue weighted by molar-refractivity contribution is 4.88. The number of hydrogen-bond donors (Lipinski definition) is 0. The predicted octanol–water partition coefficient (Wildman–Crippen LogP) is 4.22. The summed E-state index contributed by atoms with van der Waals surface area (Å²) in [6.07, 6.45) is 13.3. The first-order valence-electron chi connectivity index (χ1n) is 7.50. The molecule has 0 aromatic carbocycles. The maximum atomic E-state index is 2.72. The monoisotopic (exact) mass is 223 g/mol. The number of likely N-dealkylation sites (tertiary alicyclic amines) is 1. The van der Waals surface area contributed by atoms with Crippen molar-refractivity contribution < 1.29 is 0 Å². The van der Waals surface area contributed by atoms with Crippen LogP contribution >= 0.6 is 0 Å². The Morgan fingerprint density at radius 1 is 0.938 bits per heavy atom. The van der Waals surface area contributed by atoms with E-state index in [0.717, 1.165) is 11.5 Å². The van der Waals surface area contributed by atoms with Crippen LogP contribution in [0.5, 0.6) is 0 Å². The molecule has 2 fully saturated rings. The lowest BCUT2D eigenvalue weighted by Gasteiger charge is -2.43. The largest absolute Gasteiger partial charge is 0.301 e. The van der Waals surface area contributed by atoms with Gasteiger partial charge < -0.3 is 4.90 Å². The zero-order valence-electron chi connectivity index (χ0n) is 11.3. The summed E-state index contributed by atoms with van der Waals surface area (Å²) in [7, 11) is 0. The van der Waals surface area contributed by atoms with Crippen molar-refractivity contribution in [2.45, 2.75) is 77.7 Å². The highest BCUT2D eigenvalue weighted by Gasteiger charge is 2.35. The Morgan fingerprint density at radius 2 is 1.50 bits per heavy atom. The van der Waals surface area contributed by atoms with Crippen LogP contribution in [0.1, 0.15) is 71.6 Å². The average Bonchev–Trinajstić information content (AvgIpc) is 2.55. The second-order valence-corrected chi connectivity index (χ2v) is 6.21. The van der Waals surface area contributed by atoms with Gasteiger partial charge >= 0.3 is 0 Å². The molecule has 1 atom stereocenters. The van der Waals surface area contributed by atoms with E-state index in [0.29, 0.717) is 0 Å². The van der Waals surface area contributed by atoms with Gasteiger partial charge in [0.05, 0.1) is 0 Å². The first-order valence-corrected chi connectivity index (χ1v) is 7.50. The zero-order valence-corrected chi connectivity index (χ0v) is 11.3. The van der Waals surface area contributed by atoms with Crippen molar-refractivity contribution in [1.29, 1.82) is 0 Å². The third-order valence-corrected chi connectivity index (χ3v) is 5.24. The third kappa shape index (κ3) is 2.80. The maximum Gasteiger partial charge on any atom is 0.00643 e. The number of nitrogens with zero attached hydrogens (tertiary/aromatic N) is 1. The standard InChI is InChI=1S/C15H29N/c1-3-14(2)16-12-10-15(11-13-16)8-6-4-5-7-9-15/h14H,3-13H2,1-2H3. The topological polar surface area (TPSA) is 3.24 Å². The predicted molar refractivity (Wildman–Crippen MR) is 70.7 cm³/mol. The van der Waals surface area contributed by atoms with E-state index in [1.54, 1.807) is 0 Å². The second kappa shape index (κ2) is 5.53. The molecule has 1 heteroatoms. The fraction of sp³-hybridized carbons (Fsp3) is 1.00. The Balaban J connectivity index is 1.87. The molecule has 1 saturated heterocycles. The van der Waals surface area contributed by atoms with Crippen LogP contribution in [-0.4, -0.2) is 24.0 Å². The SMILES string of the molecule is CCC(C)N1CCC2(CCCCCC2)CC1. The van der Waals surface area contributed by atoms with Crippen molar-refractivity contribution in [2.24, 2.45) is 5.41 Å². The van der Waals surface area contributed by atoms with Crippen molar-refractivity contribution in [1.82, 2.24) is 4.90 Å². The first kappa shape index (κ1) is 12.4.